The summed E-state index contributed by atoms with van der Waals surface area (Å²) in [4.78, 5) is 29.2. The normalized spacial score (nSPS) is 31.7. The fourth-order valence-electron chi connectivity index (χ4n) is 8.57. The molecule has 1 heterocycles. The summed E-state index contributed by atoms with van der Waals surface area (Å²) in [5.74, 6) is 0.213. The third-order valence-corrected chi connectivity index (χ3v) is 11.3. The van der Waals surface area contributed by atoms with Crippen LogP contribution in [0.1, 0.15) is 132 Å². The molecule has 1 saturated heterocycles. The molecule has 1 aromatic rings. The van der Waals surface area contributed by atoms with Gasteiger partial charge in [-0.05, 0) is 108 Å². The lowest BCUT2D eigenvalue weighted by molar-refractivity contribution is -0.0851. The van der Waals surface area contributed by atoms with Gasteiger partial charge in [0.05, 0.1) is 37.5 Å². The van der Waals surface area contributed by atoms with E-state index in [1.807, 2.05) is 6.92 Å². The zero-order valence-corrected chi connectivity index (χ0v) is 27.3. The Labute approximate surface area is 264 Å². The van der Waals surface area contributed by atoms with Crippen LogP contribution in [0.2, 0.25) is 0 Å². The van der Waals surface area contributed by atoms with Gasteiger partial charge in [0.25, 0.3) is 0 Å². The third kappa shape index (κ3) is 7.26. The largest absolute Gasteiger partial charge is 0.450 e. The average Bonchev–Trinajstić information content (AvgIpc) is 3.61. The molecule has 244 valence electrons. The molecule has 1 aromatic carbocycles. The monoisotopic (exact) mass is 609 g/mol. The predicted octanol–water partition coefficient (Wildman–Crippen LogP) is 7.13. The van der Waals surface area contributed by atoms with Gasteiger partial charge in [0, 0.05) is 23.5 Å². The van der Waals surface area contributed by atoms with E-state index in [1.54, 1.807) is 4.90 Å². The Bertz CT molecular complexity index is 1180. The maximum absolute atomic E-state index is 14.2. The molecule has 2 N–H and O–H groups in total. The van der Waals surface area contributed by atoms with Crippen LogP contribution in [0.4, 0.5) is 4.79 Å². The number of nitrogens with zero attached hydrogens (tertiary/aromatic N) is 1. The first-order valence-electron chi connectivity index (χ1n) is 17.4. The number of carbonyl (C=O) groups is 2. The Morgan fingerprint density at radius 2 is 1.86 bits per heavy atom. The van der Waals surface area contributed by atoms with Crippen LogP contribution in [0.3, 0.4) is 0 Å². The van der Waals surface area contributed by atoms with Crippen molar-refractivity contribution in [2.75, 3.05) is 26.3 Å². The van der Waals surface area contributed by atoms with E-state index in [-0.39, 0.29) is 36.9 Å². The van der Waals surface area contributed by atoms with Gasteiger partial charge in [-0.1, -0.05) is 50.0 Å². The quantitative estimate of drug-likeness (QED) is 0.252. The van der Waals surface area contributed by atoms with E-state index < -0.39 is 23.2 Å². The van der Waals surface area contributed by atoms with Gasteiger partial charge < -0.3 is 24.6 Å². The van der Waals surface area contributed by atoms with E-state index >= 15 is 0 Å². The highest BCUT2D eigenvalue weighted by Crippen LogP contribution is 2.59. The van der Waals surface area contributed by atoms with Gasteiger partial charge in [0.15, 0.2) is 5.78 Å². The Balaban J connectivity index is 1.54. The highest BCUT2D eigenvalue weighted by atomic mass is 16.6. The van der Waals surface area contributed by atoms with Crippen LogP contribution in [-0.2, 0) is 15.9 Å². The van der Waals surface area contributed by atoms with Gasteiger partial charge in [-0.15, -0.1) is 0 Å². The minimum absolute atomic E-state index is 0.0319. The Morgan fingerprint density at radius 1 is 1.07 bits per heavy atom. The van der Waals surface area contributed by atoms with Crippen LogP contribution in [0.5, 0.6) is 0 Å². The number of rotatable bonds is 7. The standard InChI is InChI=1S/C37H55NO6/c1-4-43-35(41)38(24-30-13-9-21-44-30)25-37(42)20-18-33-31-17-15-27(23-32(31)34(40)28-11-6-5-7-12-28)22-29(39)16-14-26(2)10-8-19-36(33,37)3/h10,15,17,23,28-30,33,39,42H,4-9,11-14,16,18-22,24-25H2,1-3H3. The minimum Gasteiger partial charge on any atom is -0.450 e. The number of aliphatic hydroxyl groups is 2. The molecular weight excluding hydrogens is 554 g/mol. The zero-order chi connectivity index (χ0) is 31.3. The number of hydrogen-bond donors (Lipinski definition) is 2. The number of allylic oxidation sites excluding steroid dienone is 2. The molecule has 2 bridgehead atoms. The van der Waals surface area contributed by atoms with Crippen LogP contribution in [-0.4, -0.2) is 71.1 Å². The van der Waals surface area contributed by atoms with Crippen LogP contribution >= 0.6 is 0 Å². The van der Waals surface area contributed by atoms with Gasteiger partial charge in [0.1, 0.15) is 0 Å². The fraction of sp³-hybridized carbons (Fsp3) is 0.730. The second kappa shape index (κ2) is 14.5. The van der Waals surface area contributed by atoms with Gasteiger partial charge >= 0.3 is 6.09 Å². The first-order valence-corrected chi connectivity index (χ1v) is 17.4. The lowest BCUT2D eigenvalue weighted by Crippen LogP contribution is -2.55. The number of amides is 1. The number of ketones is 1. The van der Waals surface area contributed by atoms with Crippen molar-refractivity contribution in [3.05, 3.63) is 46.5 Å². The molecule has 3 fully saturated rings. The first-order chi connectivity index (χ1) is 21.1. The smallest absolute Gasteiger partial charge is 0.409 e. The number of aliphatic hydroxyl groups excluding tert-OH is 1. The number of carbonyl (C=O) groups excluding carboxylic acids is 2. The summed E-state index contributed by atoms with van der Waals surface area (Å²) in [5, 5.41) is 23.6. The maximum atomic E-state index is 14.2. The summed E-state index contributed by atoms with van der Waals surface area (Å²) >= 11 is 0. The Morgan fingerprint density at radius 3 is 2.59 bits per heavy atom. The number of ether oxygens (including phenoxy) is 2. The number of benzene rings is 1. The van der Waals surface area contributed by atoms with E-state index in [0.717, 1.165) is 80.9 Å². The highest BCUT2D eigenvalue weighted by molar-refractivity contribution is 5.99. The molecule has 5 unspecified atom stereocenters. The average molecular weight is 610 g/mol. The van der Waals surface area contributed by atoms with Crippen molar-refractivity contribution in [3.63, 3.8) is 0 Å². The van der Waals surface area contributed by atoms with Gasteiger partial charge in [-0.25, -0.2) is 4.79 Å². The van der Waals surface area contributed by atoms with Crippen molar-refractivity contribution in [2.45, 2.75) is 134 Å². The molecule has 6 rings (SSSR count). The fourth-order valence-corrected chi connectivity index (χ4v) is 8.57. The van der Waals surface area contributed by atoms with Crippen molar-refractivity contribution in [2.24, 2.45) is 11.3 Å². The molecule has 1 aliphatic heterocycles. The Hall–Kier alpha value is -2.22. The molecule has 0 radical (unpaired) electrons. The lowest BCUT2D eigenvalue weighted by Gasteiger charge is -2.46. The second-order valence-corrected chi connectivity index (χ2v) is 14.4. The SMILES string of the molecule is CCOC(=O)N(CC1CCCO1)CC1(O)CCC2c3ccc(cc3C(=O)C3CCCCC3)CC(O)CCC(C)=CCCC21C. The van der Waals surface area contributed by atoms with Crippen molar-refractivity contribution < 1.29 is 29.3 Å². The molecule has 44 heavy (non-hydrogen) atoms. The molecule has 5 atom stereocenters. The highest BCUT2D eigenvalue weighted by Gasteiger charge is 2.58. The van der Waals surface area contributed by atoms with Crippen molar-refractivity contribution in [1.82, 2.24) is 4.90 Å². The van der Waals surface area contributed by atoms with Crippen LogP contribution in [0.15, 0.2) is 29.8 Å². The summed E-state index contributed by atoms with van der Waals surface area (Å²) in [6.45, 7) is 7.67. The number of hydrogen-bond acceptors (Lipinski definition) is 6. The molecule has 7 heteroatoms. The molecular formula is C37H55NO6. The second-order valence-electron chi connectivity index (χ2n) is 14.4. The predicted molar refractivity (Wildman–Crippen MR) is 172 cm³/mol. The van der Waals surface area contributed by atoms with Crippen LogP contribution < -0.4 is 0 Å². The van der Waals surface area contributed by atoms with Crippen LogP contribution in [0.25, 0.3) is 0 Å². The third-order valence-electron chi connectivity index (χ3n) is 11.3. The van der Waals surface area contributed by atoms with Gasteiger partial charge in [-0.3, -0.25) is 4.79 Å². The summed E-state index contributed by atoms with van der Waals surface area (Å²) in [6, 6.07) is 6.27. The lowest BCUT2D eigenvalue weighted by atomic mass is 9.64. The first kappa shape index (κ1) is 33.2. The Kier molecular flexibility index (Phi) is 10.9. The van der Waals surface area contributed by atoms with Gasteiger partial charge in [-0.2, -0.15) is 0 Å². The maximum Gasteiger partial charge on any atom is 0.409 e. The summed E-state index contributed by atoms with van der Waals surface area (Å²) in [6.07, 6.45) is 13.2. The topological polar surface area (TPSA) is 96.3 Å². The number of fused-ring (bicyclic) bond motifs is 8. The van der Waals surface area contributed by atoms with E-state index in [0.29, 0.717) is 32.4 Å². The zero-order valence-electron chi connectivity index (χ0n) is 27.3. The van der Waals surface area contributed by atoms with E-state index in [4.69, 9.17) is 9.47 Å². The van der Waals surface area contributed by atoms with E-state index in [1.165, 1.54) is 12.0 Å². The summed E-state index contributed by atoms with van der Waals surface area (Å²) in [5.41, 5.74) is 2.31. The van der Waals surface area contributed by atoms with E-state index in [9.17, 15) is 19.8 Å². The number of Topliss-reactive ketones (excluding diaryl/α,β-unsaturated/α-hetero) is 1. The molecule has 2 saturated carbocycles. The van der Waals surface area contributed by atoms with E-state index in [2.05, 4.69) is 38.1 Å². The summed E-state index contributed by atoms with van der Waals surface area (Å²) in [7, 11) is 0. The van der Waals surface area contributed by atoms with Gasteiger partial charge in [0.2, 0.25) is 0 Å². The minimum atomic E-state index is -1.16. The molecule has 7 nitrogen and oxygen atoms in total. The molecule has 0 spiro atoms. The summed E-state index contributed by atoms with van der Waals surface area (Å²) < 4.78 is 11.4. The van der Waals surface area contributed by atoms with Crippen molar-refractivity contribution in [1.29, 1.82) is 0 Å². The molecule has 1 amide bonds. The van der Waals surface area contributed by atoms with Crippen LogP contribution in [0, 0.1) is 11.3 Å². The van der Waals surface area contributed by atoms with Crippen molar-refractivity contribution in [3.8, 4) is 0 Å². The molecule has 0 aromatic heterocycles. The van der Waals surface area contributed by atoms with Crippen molar-refractivity contribution >= 4 is 11.9 Å². The molecule has 4 aliphatic carbocycles. The molecule has 5 aliphatic rings.